The van der Waals surface area contributed by atoms with Crippen LogP contribution in [0.3, 0.4) is 0 Å². The molecule has 0 aromatic rings. The van der Waals surface area contributed by atoms with Crippen molar-refractivity contribution >= 4 is 5.97 Å². The maximum atomic E-state index is 9.00. The van der Waals surface area contributed by atoms with Gasteiger partial charge in [0.05, 0.1) is 13.2 Å². The topological polar surface area (TPSA) is 125 Å². The van der Waals surface area contributed by atoms with Gasteiger partial charge in [-0.15, -0.1) is 0 Å². The number of hydrogen-bond acceptors (Lipinski definition) is 5. The van der Waals surface area contributed by atoms with Gasteiger partial charge in [0.1, 0.15) is 0 Å². The predicted octanol–water partition coefficient (Wildman–Crippen LogP) is -1.19. The first kappa shape index (κ1) is 17.4. The third kappa shape index (κ3) is 58.7. The highest BCUT2D eigenvalue weighted by Crippen LogP contribution is 1.54. The zero-order chi connectivity index (χ0) is 9.11. The molecular weight excluding hydrogens is 164 g/mol. The summed E-state index contributed by atoms with van der Waals surface area (Å²) in [7, 11) is 0. The van der Waals surface area contributed by atoms with Crippen LogP contribution in [-0.4, -0.2) is 47.6 Å². The summed E-state index contributed by atoms with van der Waals surface area (Å²) in [4.78, 5) is 9.00. The molecule has 7 N–H and O–H groups in total. The Morgan fingerprint density at radius 3 is 1.67 bits per heavy atom. The molecule has 0 unspecified atom stereocenters. The smallest absolute Gasteiger partial charge is 0.300 e. The fourth-order valence-electron chi connectivity index (χ4n) is 0.283. The summed E-state index contributed by atoms with van der Waals surface area (Å²) in [6.07, 6.45) is 0. The maximum Gasteiger partial charge on any atom is 0.300 e. The summed E-state index contributed by atoms with van der Waals surface area (Å²) < 4.78 is 0. The Morgan fingerprint density at radius 1 is 1.25 bits per heavy atom. The molecule has 0 bridgehead atoms. The van der Waals surface area contributed by atoms with Crippen LogP contribution in [0.15, 0.2) is 0 Å². The maximum absolute atomic E-state index is 9.00. The molecule has 0 radical (unpaired) electrons. The molecule has 0 fully saturated rings. The van der Waals surface area contributed by atoms with Crippen molar-refractivity contribution in [2.24, 2.45) is 0 Å². The third-order valence-electron chi connectivity index (χ3n) is 0.577. The van der Waals surface area contributed by atoms with E-state index >= 15 is 0 Å². The van der Waals surface area contributed by atoms with Crippen LogP contribution in [0.25, 0.3) is 0 Å². The lowest BCUT2D eigenvalue weighted by Gasteiger charge is -1.94. The van der Waals surface area contributed by atoms with Crippen molar-refractivity contribution in [1.82, 2.24) is 11.5 Å². The summed E-state index contributed by atoms with van der Waals surface area (Å²) in [5.41, 5.74) is 0. The highest BCUT2D eigenvalue weighted by molar-refractivity contribution is 5.62. The monoisotopic (exact) mass is 182 g/mol. The first-order valence-corrected chi connectivity index (χ1v) is 3.27. The second-order valence-corrected chi connectivity index (χ2v) is 1.72. The molecule has 0 amide bonds. The fourth-order valence-corrected chi connectivity index (χ4v) is 0.283. The van der Waals surface area contributed by atoms with Crippen molar-refractivity contribution in [3.63, 3.8) is 0 Å². The SMILES string of the molecule is CC(=O)O.N.OCCNCCO. The first-order chi connectivity index (χ1) is 5.15. The molecule has 6 nitrogen and oxygen atoms in total. The highest BCUT2D eigenvalue weighted by Gasteiger charge is 1.78. The summed E-state index contributed by atoms with van der Waals surface area (Å²) in [6.45, 7) is 2.50. The number of aliphatic hydroxyl groups excluding tert-OH is 2. The number of rotatable bonds is 4. The molecule has 0 rings (SSSR count). The zero-order valence-electron chi connectivity index (χ0n) is 7.29. The van der Waals surface area contributed by atoms with Gasteiger partial charge in [-0.3, -0.25) is 4.79 Å². The van der Waals surface area contributed by atoms with Gasteiger partial charge in [0, 0.05) is 20.0 Å². The normalized spacial score (nSPS) is 7.58. The summed E-state index contributed by atoms with van der Waals surface area (Å²) in [5.74, 6) is -0.833. The molecule has 12 heavy (non-hydrogen) atoms. The second kappa shape index (κ2) is 16.7. The molecule has 0 aliphatic heterocycles. The molecule has 6 heteroatoms. The molecular formula is C6H18N2O4. The van der Waals surface area contributed by atoms with E-state index in [0.29, 0.717) is 13.1 Å². The van der Waals surface area contributed by atoms with Gasteiger partial charge in [-0.1, -0.05) is 0 Å². The molecule has 0 aromatic heterocycles. The van der Waals surface area contributed by atoms with E-state index in [1.54, 1.807) is 0 Å². The molecule has 0 atom stereocenters. The molecule has 0 spiro atoms. The van der Waals surface area contributed by atoms with E-state index in [1.165, 1.54) is 0 Å². The Hall–Kier alpha value is -0.690. The largest absolute Gasteiger partial charge is 0.481 e. The van der Waals surface area contributed by atoms with E-state index in [0.717, 1.165) is 6.92 Å². The first-order valence-electron chi connectivity index (χ1n) is 3.27. The number of hydrogen-bond donors (Lipinski definition) is 5. The van der Waals surface area contributed by atoms with Crippen LogP contribution in [-0.2, 0) is 4.79 Å². The van der Waals surface area contributed by atoms with E-state index in [-0.39, 0.29) is 19.4 Å². The lowest BCUT2D eigenvalue weighted by molar-refractivity contribution is -0.134. The van der Waals surface area contributed by atoms with Crippen molar-refractivity contribution in [2.75, 3.05) is 26.3 Å². The fraction of sp³-hybridized carbons (Fsp3) is 0.833. The predicted molar refractivity (Wildman–Crippen MR) is 45.4 cm³/mol. The second-order valence-electron chi connectivity index (χ2n) is 1.72. The van der Waals surface area contributed by atoms with Crippen molar-refractivity contribution in [1.29, 1.82) is 0 Å². The van der Waals surface area contributed by atoms with Gasteiger partial charge < -0.3 is 26.8 Å². The van der Waals surface area contributed by atoms with Crippen molar-refractivity contribution in [3.8, 4) is 0 Å². The molecule has 0 aromatic carbocycles. The average Bonchev–Trinajstić information content (AvgIpc) is 1.88. The molecule has 76 valence electrons. The van der Waals surface area contributed by atoms with E-state index in [4.69, 9.17) is 20.1 Å². The average molecular weight is 182 g/mol. The van der Waals surface area contributed by atoms with Crippen LogP contribution in [0.2, 0.25) is 0 Å². The number of carboxylic acids is 1. The van der Waals surface area contributed by atoms with E-state index in [1.807, 2.05) is 0 Å². The minimum atomic E-state index is -0.833. The van der Waals surface area contributed by atoms with Gasteiger partial charge >= 0.3 is 0 Å². The van der Waals surface area contributed by atoms with Gasteiger partial charge in [0.2, 0.25) is 0 Å². The molecule has 0 heterocycles. The molecule has 0 aliphatic rings. The number of aliphatic carboxylic acids is 1. The van der Waals surface area contributed by atoms with Crippen molar-refractivity contribution in [2.45, 2.75) is 6.92 Å². The van der Waals surface area contributed by atoms with E-state index < -0.39 is 5.97 Å². The quantitative estimate of drug-likeness (QED) is 0.348. The van der Waals surface area contributed by atoms with Crippen LogP contribution >= 0.6 is 0 Å². The molecule has 0 aliphatic carbocycles. The molecule has 0 saturated heterocycles. The van der Waals surface area contributed by atoms with Crippen LogP contribution in [0, 0.1) is 0 Å². The minimum absolute atomic E-state index is 0. The Balaban J connectivity index is -0.000000142. The van der Waals surface area contributed by atoms with Gasteiger partial charge in [-0.2, -0.15) is 0 Å². The van der Waals surface area contributed by atoms with Gasteiger partial charge in [-0.25, -0.2) is 0 Å². The lowest BCUT2D eigenvalue weighted by atomic mass is 10.6. The standard InChI is InChI=1S/C4H11NO2.C2H4O2.H3N/c6-3-1-5-2-4-7;1-2(3)4;/h5-7H,1-4H2;1H3,(H,3,4);1H3. The molecule has 0 saturated carbocycles. The van der Waals surface area contributed by atoms with Crippen molar-refractivity contribution in [3.05, 3.63) is 0 Å². The summed E-state index contributed by atoms with van der Waals surface area (Å²) in [5, 5.41) is 26.5. The number of carboxylic acid groups (broad SMARTS) is 1. The summed E-state index contributed by atoms with van der Waals surface area (Å²) in [6, 6.07) is 0. The van der Waals surface area contributed by atoms with E-state index in [9.17, 15) is 0 Å². The summed E-state index contributed by atoms with van der Waals surface area (Å²) >= 11 is 0. The van der Waals surface area contributed by atoms with Crippen molar-refractivity contribution < 1.29 is 20.1 Å². The van der Waals surface area contributed by atoms with Crippen LogP contribution < -0.4 is 11.5 Å². The number of aliphatic hydroxyl groups is 2. The Kier molecular flexibility index (Phi) is 24.3. The Morgan fingerprint density at radius 2 is 1.50 bits per heavy atom. The van der Waals surface area contributed by atoms with Gasteiger partial charge in [-0.05, 0) is 0 Å². The number of nitrogens with one attached hydrogen (secondary N) is 1. The van der Waals surface area contributed by atoms with E-state index in [2.05, 4.69) is 5.32 Å². The Labute approximate surface area is 71.8 Å². The third-order valence-corrected chi connectivity index (χ3v) is 0.577. The minimum Gasteiger partial charge on any atom is -0.481 e. The van der Waals surface area contributed by atoms with Crippen LogP contribution in [0.4, 0.5) is 0 Å². The Bertz CT molecular complexity index is 81.6. The van der Waals surface area contributed by atoms with Crippen LogP contribution in [0.1, 0.15) is 6.92 Å². The number of carbonyl (C=O) groups is 1. The van der Waals surface area contributed by atoms with Crippen LogP contribution in [0.5, 0.6) is 0 Å². The van der Waals surface area contributed by atoms with Gasteiger partial charge in [0.15, 0.2) is 0 Å². The van der Waals surface area contributed by atoms with Gasteiger partial charge in [0.25, 0.3) is 5.97 Å². The zero-order valence-corrected chi connectivity index (χ0v) is 7.29. The lowest BCUT2D eigenvalue weighted by Crippen LogP contribution is -2.21. The highest BCUT2D eigenvalue weighted by atomic mass is 16.4.